The lowest BCUT2D eigenvalue weighted by Crippen LogP contribution is -2.36. The van der Waals surface area contributed by atoms with Gasteiger partial charge in [0.25, 0.3) is 0 Å². The Morgan fingerprint density at radius 3 is 2.81 bits per heavy atom. The zero-order chi connectivity index (χ0) is 15.1. The van der Waals surface area contributed by atoms with Crippen LogP contribution in [0.3, 0.4) is 0 Å². The van der Waals surface area contributed by atoms with E-state index in [1.165, 1.54) is 19.3 Å². The number of carbonyl (C=O) groups excluding carboxylic acids is 1. The molecular formula is C17H24ClNO2. The molecule has 0 radical (unpaired) electrons. The van der Waals surface area contributed by atoms with Crippen molar-refractivity contribution in [2.75, 3.05) is 6.61 Å². The number of amides is 1. The van der Waals surface area contributed by atoms with Crippen molar-refractivity contribution >= 4 is 17.5 Å². The summed E-state index contributed by atoms with van der Waals surface area (Å²) >= 11 is 5.90. The normalized spacial score (nSPS) is 15.7. The smallest absolute Gasteiger partial charge is 0.220 e. The molecule has 1 aromatic carbocycles. The Kier molecular flexibility index (Phi) is 6.37. The summed E-state index contributed by atoms with van der Waals surface area (Å²) in [4.78, 5) is 11.9. The minimum atomic E-state index is 0.151. The predicted octanol–water partition coefficient (Wildman–Crippen LogP) is 4.26. The Hall–Kier alpha value is -1.22. The molecule has 3 nitrogen and oxygen atoms in total. The van der Waals surface area contributed by atoms with E-state index < -0.39 is 0 Å². The van der Waals surface area contributed by atoms with Crippen molar-refractivity contribution in [1.29, 1.82) is 0 Å². The highest BCUT2D eigenvalue weighted by Gasteiger charge is 2.15. The van der Waals surface area contributed by atoms with E-state index in [2.05, 4.69) is 5.32 Å². The third-order valence-electron chi connectivity index (χ3n) is 3.91. The standard InChI is InChI=1S/C17H24ClNO2/c1-13-12-14(18)9-10-16(13)21-11-5-8-17(20)19-15-6-3-2-4-7-15/h9-10,12,15H,2-8,11H2,1H3,(H,19,20). The molecule has 1 fully saturated rings. The molecule has 116 valence electrons. The van der Waals surface area contributed by atoms with Gasteiger partial charge in [-0.1, -0.05) is 30.9 Å². The molecule has 0 bridgehead atoms. The minimum absolute atomic E-state index is 0.151. The summed E-state index contributed by atoms with van der Waals surface area (Å²) in [5.74, 6) is 0.991. The summed E-state index contributed by atoms with van der Waals surface area (Å²) in [6, 6.07) is 5.97. The van der Waals surface area contributed by atoms with Crippen LogP contribution in [0.5, 0.6) is 5.75 Å². The first-order valence-corrected chi connectivity index (χ1v) is 8.21. The Balaban J connectivity index is 1.63. The fourth-order valence-electron chi connectivity index (χ4n) is 2.74. The number of hydrogen-bond donors (Lipinski definition) is 1. The van der Waals surface area contributed by atoms with Gasteiger partial charge in [-0.25, -0.2) is 0 Å². The predicted molar refractivity (Wildman–Crippen MR) is 85.9 cm³/mol. The molecule has 1 N–H and O–H groups in total. The lowest BCUT2D eigenvalue weighted by Gasteiger charge is -2.22. The molecular weight excluding hydrogens is 286 g/mol. The maximum atomic E-state index is 11.9. The van der Waals surface area contributed by atoms with E-state index in [1.54, 1.807) is 0 Å². The fourth-order valence-corrected chi connectivity index (χ4v) is 2.96. The molecule has 0 spiro atoms. The first kappa shape index (κ1) is 16.2. The van der Waals surface area contributed by atoms with Crippen LogP contribution in [0.4, 0.5) is 0 Å². The molecule has 1 aromatic rings. The number of rotatable bonds is 6. The van der Waals surface area contributed by atoms with Crippen LogP contribution < -0.4 is 10.1 Å². The lowest BCUT2D eigenvalue weighted by atomic mass is 9.95. The largest absolute Gasteiger partial charge is 0.493 e. The second kappa shape index (κ2) is 8.28. The number of aryl methyl sites for hydroxylation is 1. The number of benzene rings is 1. The van der Waals surface area contributed by atoms with Crippen LogP contribution in [0.15, 0.2) is 18.2 Å². The molecule has 1 aliphatic carbocycles. The number of nitrogens with one attached hydrogen (secondary N) is 1. The third kappa shape index (κ3) is 5.58. The molecule has 0 aromatic heterocycles. The van der Waals surface area contributed by atoms with Gasteiger partial charge in [-0.15, -0.1) is 0 Å². The van der Waals surface area contributed by atoms with Gasteiger partial charge in [0.1, 0.15) is 5.75 Å². The van der Waals surface area contributed by atoms with Crippen LogP contribution in [-0.4, -0.2) is 18.6 Å². The van der Waals surface area contributed by atoms with E-state index in [1.807, 2.05) is 25.1 Å². The second-order valence-corrected chi connectivity index (χ2v) is 6.20. The van der Waals surface area contributed by atoms with Crippen LogP contribution in [0.1, 0.15) is 50.5 Å². The summed E-state index contributed by atoms with van der Waals surface area (Å²) < 4.78 is 5.69. The summed E-state index contributed by atoms with van der Waals surface area (Å²) in [5.41, 5.74) is 1.02. The van der Waals surface area contributed by atoms with Gasteiger partial charge in [-0.05, 0) is 49.9 Å². The zero-order valence-electron chi connectivity index (χ0n) is 12.7. The molecule has 21 heavy (non-hydrogen) atoms. The molecule has 2 rings (SSSR count). The average Bonchev–Trinajstić information content (AvgIpc) is 2.46. The van der Waals surface area contributed by atoms with E-state index in [0.29, 0.717) is 24.1 Å². The summed E-state index contributed by atoms with van der Waals surface area (Å²) in [7, 11) is 0. The first-order valence-electron chi connectivity index (χ1n) is 7.83. The Morgan fingerprint density at radius 2 is 2.10 bits per heavy atom. The SMILES string of the molecule is Cc1cc(Cl)ccc1OCCCC(=O)NC1CCCCC1. The fraction of sp³-hybridized carbons (Fsp3) is 0.588. The van der Waals surface area contributed by atoms with E-state index >= 15 is 0 Å². The molecule has 1 amide bonds. The lowest BCUT2D eigenvalue weighted by molar-refractivity contribution is -0.122. The van der Waals surface area contributed by atoms with E-state index in [9.17, 15) is 4.79 Å². The van der Waals surface area contributed by atoms with Crippen molar-refractivity contribution in [2.45, 2.75) is 57.9 Å². The average molecular weight is 310 g/mol. The zero-order valence-corrected chi connectivity index (χ0v) is 13.4. The minimum Gasteiger partial charge on any atom is -0.493 e. The van der Waals surface area contributed by atoms with Crippen LogP contribution in [0.25, 0.3) is 0 Å². The van der Waals surface area contributed by atoms with E-state index in [4.69, 9.17) is 16.3 Å². The summed E-state index contributed by atoms with van der Waals surface area (Å²) in [5, 5.41) is 3.84. The highest BCUT2D eigenvalue weighted by molar-refractivity contribution is 6.30. The number of halogens is 1. The van der Waals surface area contributed by atoms with Crippen molar-refractivity contribution in [3.8, 4) is 5.75 Å². The highest BCUT2D eigenvalue weighted by Crippen LogP contribution is 2.22. The van der Waals surface area contributed by atoms with Gasteiger partial charge in [-0.2, -0.15) is 0 Å². The quantitative estimate of drug-likeness (QED) is 0.798. The van der Waals surface area contributed by atoms with Crippen LogP contribution >= 0.6 is 11.6 Å². The van der Waals surface area contributed by atoms with Crippen molar-refractivity contribution in [1.82, 2.24) is 5.32 Å². The van der Waals surface area contributed by atoms with Gasteiger partial charge >= 0.3 is 0 Å². The van der Waals surface area contributed by atoms with Gasteiger partial charge in [0.05, 0.1) is 6.61 Å². The van der Waals surface area contributed by atoms with Crippen molar-refractivity contribution in [2.24, 2.45) is 0 Å². The molecule has 0 heterocycles. The van der Waals surface area contributed by atoms with Crippen LogP contribution in [0, 0.1) is 6.92 Å². The van der Waals surface area contributed by atoms with Crippen molar-refractivity contribution < 1.29 is 9.53 Å². The van der Waals surface area contributed by atoms with Crippen molar-refractivity contribution in [3.05, 3.63) is 28.8 Å². The maximum Gasteiger partial charge on any atom is 0.220 e. The molecule has 0 aliphatic heterocycles. The molecule has 4 heteroatoms. The Morgan fingerprint density at radius 1 is 1.33 bits per heavy atom. The van der Waals surface area contributed by atoms with Gasteiger partial charge < -0.3 is 10.1 Å². The van der Waals surface area contributed by atoms with Crippen molar-refractivity contribution in [3.63, 3.8) is 0 Å². The number of ether oxygens (including phenoxy) is 1. The van der Waals surface area contributed by atoms with Crippen LogP contribution in [0.2, 0.25) is 5.02 Å². The van der Waals surface area contributed by atoms with Crippen LogP contribution in [-0.2, 0) is 4.79 Å². The first-order chi connectivity index (χ1) is 10.1. The molecule has 0 atom stereocenters. The summed E-state index contributed by atoms with van der Waals surface area (Å²) in [6.07, 6.45) is 7.32. The highest BCUT2D eigenvalue weighted by atomic mass is 35.5. The Bertz CT molecular complexity index is 470. The number of carbonyl (C=O) groups is 1. The Labute approximate surface area is 132 Å². The van der Waals surface area contributed by atoms with E-state index in [0.717, 1.165) is 30.6 Å². The van der Waals surface area contributed by atoms with Gasteiger partial charge in [0, 0.05) is 17.5 Å². The van der Waals surface area contributed by atoms with Gasteiger partial charge in [0.15, 0.2) is 0 Å². The maximum absolute atomic E-state index is 11.9. The third-order valence-corrected chi connectivity index (χ3v) is 4.15. The molecule has 1 aliphatic rings. The van der Waals surface area contributed by atoms with Gasteiger partial charge in [0.2, 0.25) is 5.91 Å². The molecule has 1 saturated carbocycles. The molecule has 0 saturated heterocycles. The number of hydrogen-bond acceptors (Lipinski definition) is 2. The second-order valence-electron chi connectivity index (χ2n) is 5.76. The topological polar surface area (TPSA) is 38.3 Å². The molecule has 0 unspecified atom stereocenters. The van der Waals surface area contributed by atoms with E-state index in [-0.39, 0.29) is 5.91 Å². The monoisotopic (exact) mass is 309 g/mol. The summed E-state index contributed by atoms with van der Waals surface area (Å²) in [6.45, 7) is 2.53. The van der Waals surface area contributed by atoms with Gasteiger partial charge in [-0.3, -0.25) is 4.79 Å².